The average Bonchev–Trinajstić information content (AvgIpc) is 3.34. The molecule has 0 fully saturated rings. The van der Waals surface area contributed by atoms with Gasteiger partial charge in [0, 0.05) is 23.0 Å². The highest BCUT2D eigenvalue weighted by atomic mass is 19.2. The van der Waals surface area contributed by atoms with Crippen molar-refractivity contribution in [3.05, 3.63) is 65.0 Å². The molecule has 0 spiro atoms. The molecule has 0 radical (unpaired) electrons. The largest absolute Gasteiger partial charge is 0.479 e. The summed E-state index contributed by atoms with van der Waals surface area (Å²) in [5.41, 5.74) is 3.15. The number of fused-ring (bicyclic) bond motifs is 2. The van der Waals surface area contributed by atoms with Crippen LogP contribution in [0.1, 0.15) is 35.1 Å². The van der Waals surface area contributed by atoms with Crippen LogP contribution in [0.25, 0.3) is 5.69 Å². The minimum Gasteiger partial charge on any atom is -0.479 e. The summed E-state index contributed by atoms with van der Waals surface area (Å²) >= 11 is 0. The number of anilines is 2. The number of amides is 2. The fourth-order valence-electron chi connectivity index (χ4n) is 3.93. The van der Waals surface area contributed by atoms with Gasteiger partial charge in [-0.3, -0.25) is 9.59 Å². The quantitative estimate of drug-likeness (QED) is 0.673. The van der Waals surface area contributed by atoms with Crippen molar-refractivity contribution in [3.63, 3.8) is 0 Å². The molecule has 1 unspecified atom stereocenters. The second kappa shape index (κ2) is 7.19. The van der Waals surface area contributed by atoms with Gasteiger partial charge in [-0.2, -0.15) is 5.10 Å². The number of nitrogens with one attached hydrogen (secondary N) is 2. The fraction of sp³-hybridized carbons (Fsp3) is 0.227. The molecule has 1 aliphatic heterocycles. The van der Waals surface area contributed by atoms with E-state index in [1.54, 1.807) is 25.1 Å². The van der Waals surface area contributed by atoms with E-state index in [-0.39, 0.29) is 11.6 Å². The minimum absolute atomic E-state index is 0.240. The van der Waals surface area contributed by atoms with Gasteiger partial charge in [-0.05, 0) is 56.5 Å². The van der Waals surface area contributed by atoms with Gasteiger partial charge in [0.05, 0.1) is 11.4 Å². The Morgan fingerprint density at radius 2 is 2.03 bits per heavy atom. The SMILES string of the molecule is CC1Oc2ccc(NC(=O)c3nn(-c4ccc(F)c(F)c4)c4c3CCC4)cc2NC1=O. The molecule has 2 aromatic carbocycles. The predicted octanol–water partition coefficient (Wildman–Crippen LogP) is 3.61. The molecular formula is C22H18F2N4O3. The van der Waals surface area contributed by atoms with Gasteiger partial charge >= 0.3 is 0 Å². The first kappa shape index (κ1) is 19.2. The minimum atomic E-state index is -0.974. The Labute approximate surface area is 176 Å². The lowest BCUT2D eigenvalue weighted by Crippen LogP contribution is -2.34. The van der Waals surface area contributed by atoms with E-state index in [0.717, 1.165) is 29.8 Å². The number of benzene rings is 2. The summed E-state index contributed by atoms with van der Waals surface area (Å²) < 4.78 is 34.1. The van der Waals surface area contributed by atoms with Crippen molar-refractivity contribution in [2.75, 3.05) is 10.6 Å². The number of nitrogens with zero attached hydrogens (tertiary/aromatic N) is 2. The molecule has 2 aliphatic rings. The van der Waals surface area contributed by atoms with Crippen LogP contribution < -0.4 is 15.4 Å². The molecule has 2 N–H and O–H groups in total. The molecule has 1 aliphatic carbocycles. The molecule has 3 aromatic rings. The van der Waals surface area contributed by atoms with Crippen molar-refractivity contribution < 1.29 is 23.1 Å². The van der Waals surface area contributed by atoms with E-state index in [4.69, 9.17) is 4.74 Å². The zero-order chi connectivity index (χ0) is 21.7. The van der Waals surface area contributed by atoms with E-state index in [0.29, 0.717) is 35.7 Å². The molecular weight excluding hydrogens is 406 g/mol. The Bertz CT molecular complexity index is 1240. The summed E-state index contributed by atoms with van der Waals surface area (Å²) in [5.74, 6) is -2.08. The first-order valence-corrected chi connectivity index (χ1v) is 9.90. The van der Waals surface area contributed by atoms with Crippen molar-refractivity contribution in [1.29, 1.82) is 0 Å². The first-order chi connectivity index (χ1) is 14.9. The molecule has 9 heteroatoms. The summed E-state index contributed by atoms with van der Waals surface area (Å²) in [6.45, 7) is 1.65. The maximum atomic E-state index is 13.7. The second-order valence-electron chi connectivity index (χ2n) is 7.55. The Hall–Kier alpha value is -3.75. The lowest BCUT2D eigenvalue weighted by Gasteiger charge is -2.23. The number of hydrogen-bond acceptors (Lipinski definition) is 4. The number of aromatic nitrogens is 2. The van der Waals surface area contributed by atoms with E-state index < -0.39 is 23.6 Å². The maximum absolute atomic E-state index is 13.7. The zero-order valence-electron chi connectivity index (χ0n) is 16.5. The lowest BCUT2D eigenvalue weighted by molar-refractivity contribution is -0.122. The van der Waals surface area contributed by atoms with E-state index >= 15 is 0 Å². The summed E-state index contributed by atoms with van der Waals surface area (Å²) in [6.07, 6.45) is 1.62. The summed E-state index contributed by atoms with van der Waals surface area (Å²) in [4.78, 5) is 24.8. The van der Waals surface area contributed by atoms with E-state index in [1.807, 2.05) is 0 Å². The summed E-state index contributed by atoms with van der Waals surface area (Å²) in [6, 6.07) is 8.49. The molecule has 0 bridgehead atoms. The molecule has 0 saturated carbocycles. The Morgan fingerprint density at radius 1 is 1.19 bits per heavy atom. The van der Waals surface area contributed by atoms with Crippen LogP contribution in [0.4, 0.5) is 20.2 Å². The predicted molar refractivity (Wildman–Crippen MR) is 109 cm³/mol. The van der Waals surface area contributed by atoms with E-state index in [1.165, 1.54) is 10.7 Å². The summed E-state index contributed by atoms with van der Waals surface area (Å²) in [7, 11) is 0. The second-order valence-corrected chi connectivity index (χ2v) is 7.55. The highest BCUT2D eigenvalue weighted by Crippen LogP contribution is 2.33. The molecule has 7 nitrogen and oxygen atoms in total. The zero-order valence-corrected chi connectivity index (χ0v) is 16.5. The van der Waals surface area contributed by atoms with Crippen molar-refractivity contribution >= 4 is 23.2 Å². The van der Waals surface area contributed by atoms with Crippen LogP contribution >= 0.6 is 0 Å². The van der Waals surface area contributed by atoms with Gasteiger partial charge in [-0.15, -0.1) is 0 Å². The van der Waals surface area contributed by atoms with Crippen LogP contribution in [-0.2, 0) is 17.6 Å². The van der Waals surface area contributed by atoms with Crippen LogP contribution in [0.5, 0.6) is 5.75 Å². The van der Waals surface area contributed by atoms with Gasteiger partial charge in [0.15, 0.2) is 23.4 Å². The van der Waals surface area contributed by atoms with Crippen molar-refractivity contribution in [3.8, 4) is 11.4 Å². The molecule has 1 aromatic heterocycles. The highest BCUT2D eigenvalue weighted by molar-refractivity contribution is 6.05. The molecule has 0 saturated heterocycles. The molecule has 5 rings (SSSR count). The first-order valence-electron chi connectivity index (χ1n) is 9.90. The molecule has 1 atom stereocenters. The van der Waals surface area contributed by atoms with Gasteiger partial charge in [-0.25, -0.2) is 13.5 Å². The van der Waals surface area contributed by atoms with E-state index in [9.17, 15) is 18.4 Å². The highest BCUT2D eigenvalue weighted by Gasteiger charge is 2.28. The van der Waals surface area contributed by atoms with Crippen LogP contribution in [0.2, 0.25) is 0 Å². The maximum Gasteiger partial charge on any atom is 0.276 e. The van der Waals surface area contributed by atoms with Gasteiger partial charge in [0.25, 0.3) is 11.8 Å². The topological polar surface area (TPSA) is 85.2 Å². The molecule has 31 heavy (non-hydrogen) atoms. The van der Waals surface area contributed by atoms with Crippen LogP contribution in [-0.4, -0.2) is 27.7 Å². The number of carbonyl (C=O) groups is 2. The molecule has 2 amide bonds. The number of hydrogen-bond donors (Lipinski definition) is 2. The third-order valence-electron chi connectivity index (χ3n) is 5.46. The Kier molecular flexibility index (Phi) is 4.46. The molecule has 158 valence electrons. The van der Waals surface area contributed by atoms with E-state index in [2.05, 4.69) is 15.7 Å². The Balaban J connectivity index is 1.45. The normalized spacial score (nSPS) is 16.9. The monoisotopic (exact) mass is 424 g/mol. The van der Waals surface area contributed by atoms with Gasteiger partial charge < -0.3 is 15.4 Å². The third-order valence-corrected chi connectivity index (χ3v) is 5.46. The standard InChI is InChI=1S/C22H18F2N4O3/c1-11-21(29)26-17-9-12(5-8-19(17)31-11)25-22(30)20-14-3-2-4-18(14)28(27-20)13-6-7-15(23)16(24)10-13/h5-11H,2-4H2,1H3,(H,25,30)(H,26,29). The Morgan fingerprint density at radius 3 is 2.84 bits per heavy atom. The lowest BCUT2D eigenvalue weighted by atomic mass is 10.1. The van der Waals surface area contributed by atoms with Crippen molar-refractivity contribution in [1.82, 2.24) is 9.78 Å². The van der Waals surface area contributed by atoms with Gasteiger partial charge in [-0.1, -0.05) is 0 Å². The number of rotatable bonds is 3. The third kappa shape index (κ3) is 3.31. The fourth-order valence-corrected chi connectivity index (χ4v) is 3.93. The number of ether oxygens (including phenoxy) is 1. The van der Waals surface area contributed by atoms with Crippen molar-refractivity contribution in [2.45, 2.75) is 32.3 Å². The van der Waals surface area contributed by atoms with Crippen LogP contribution in [0.3, 0.4) is 0 Å². The van der Waals surface area contributed by atoms with Crippen LogP contribution in [0, 0.1) is 11.6 Å². The smallest absolute Gasteiger partial charge is 0.276 e. The number of halogens is 2. The van der Waals surface area contributed by atoms with Gasteiger partial charge in [0.1, 0.15) is 5.75 Å². The molecule has 2 heterocycles. The van der Waals surface area contributed by atoms with Crippen LogP contribution in [0.15, 0.2) is 36.4 Å². The summed E-state index contributed by atoms with van der Waals surface area (Å²) in [5, 5.41) is 9.93. The average molecular weight is 424 g/mol. The van der Waals surface area contributed by atoms with Gasteiger partial charge in [0.2, 0.25) is 0 Å². The number of carbonyl (C=O) groups excluding carboxylic acids is 2. The van der Waals surface area contributed by atoms with Crippen molar-refractivity contribution in [2.24, 2.45) is 0 Å².